The molecule has 0 saturated carbocycles. The van der Waals surface area contributed by atoms with Crippen molar-refractivity contribution in [3.8, 4) is 0 Å². The fourth-order valence-corrected chi connectivity index (χ4v) is 3.35. The Bertz CT molecular complexity index is 849. The maximum Gasteiger partial charge on any atom is 0.186 e. The Balaban J connectivity index is 2.06. The predicted molar refractivity (Wildman–Crippen MR) is 85.5 cm³/mol. The van der Waals surface area contributed by atoms with Gasteiger partial charge in [-0.1, -0.05) is 54.3 Å². The normalized spacial score (nSPS) is 16.8. The van der Waals surface area contributed by atoms with Crippen molar-refractivity contribution in [2.45, 2.75) is 19.3 Å². The van der Waals surface area contributed by atoms with Crippen molar-refractivity contribution in [3.63, 3.8) is 0 Å². The summed E-state index contributed by atoms with van der Waals surface area (Å²) in [5.41, 5.74) is 7.36. The molecule has 4 heteroatoms. The molecule has 0 amide bonds. The van der Waals surface area contributed by atoms with Gasteiger partial charge in [-0.2, -0.15) is 5.21 Å². The Hall–Kier alpha value is -2.75. The van der Waals surface area contributed by atoms with Crippen molar-refractivity contribution in [2.24, 2.45) is 0 Å². The molecule has 1 atom stereocenters. The molecule has 1 heterocycles. The highest BCUT2D eigenvalue weighted by atomic mass is 15.5. The zero-order chi connectivity index (χ0) is 15.1. The third-order valence-electron chi connectivity index (χ3n) is 4.42. The molecule has 1 aliphatic rings. The number of tetrazole rings is 1. The average Bonchev–Trinajstić information content (AvgIpc) is 3.01. The number of allylic oxidation sites excluding steroid dienone is 1. The molecule has 1 aromatic heterocycles. The van der Waals surface area contributed by atoms with Gasteiger partial charge in [0, 0.05) is 0 Å². The van der Waals surface area contributed by atoms with Crippen molar-refractivity contribution in [2.75, 3.05) is 0 Å². The molecule has 0 fully saturated rings. The molecule has 0 bridgehead atoms. The molecule has 3 aromatic rings. The lowest BCUT2D eigenvalue weighted by atomic mass is 9.86. The number of nitrogens with one attached hydrogen (secondary N) is 1. The molecule has 0 aliphatic heterocycles. The van der Waals surface area contributed by atoms with Gasteiger partial charge in [0.2, 0.25) is 0 Å². The Kier molecular flexibility index (Phi) is 2.89. The Labute approximate surface area is 128 Å². The number of aromatic amines is 1. The molecule has 1 unspecified atom stereocenters. The first-order valence-electron chi connectivity index (χ1n) is 7.34. The molecule has 4 rings (SSSR count). The summed E-state index contributed by atoms with van der Waals surface area (Å²) in [4.78, 5) is 0. The van der Waals surface area contributed by atoms with Gasteiger partial charge >= 0.3 is 0 Å². The number of hydrogen-bond donors (Lipinski definition) is 1. The summed E-state index contributed by atoms with van der Waals surface area (Å²) in [6.45, 7) is 6.46. The average molecular weight is 288 g/mol. The van der Waals surface area contributed by atoms with Crippen LogP contribution in [0, 0.1) is 6.92 Å². The van der Waals surface area contributed by atoms with Crippen LogP contribution >= 0.6 is 0 Å². The summed E-state index contributed by atoms with van der Waals surface area (Å²) in [7, 11) is 0. The number of aromatic nitrogens is 4. The van der Waals surface area contributed by atoms with Gasteiger partial charge in [0.1, 0.15) is 0 Å². The minimum absolute atomic E-state index is 0.0101. The number of H-pyrrole nitrogens is 1. The van der Waals surface area contributed by atoms with Crippen LogP contribution in [-0.4, -0.2) is 20.6 Å². The third-order valence-corrected chi connectivity index (χ3v) is 4.42. The summed E-state index contributed by atoms with van der Waals surface area (Å²) in [6.07, 6.45) is 0.855. The first kappa shape index (κ1) is 13.0. The smallest absolute Gasteiger partial charge is 0.177 e. The van der Waals surface area contributed by atoms with Gasteiger partial charge in [-0.3, -0.25) is 0 Å². The van der Waals surface area contributed by atoms with E-state index in [0.29, 0.717) is 5.82 Å². The van der Waals surface area contributed by atoms with Crippen LogP contribution in [0.25, 0.3) is 5.57 Å². The summed E-state index contributed by atoms with van der Waals surface area (Å²) in [5, 5.41) is 14.9. The van der Waals surface area contributed by atoms with E-state index in [0.717, 1.165) is 12.0 Å². The van der Waals surface area contributed by atoms with Gasteiger partial charge in [-0.05, 0) is 46.7 Å². The molecule has 0 spiro atoms. The molecule has 108 valence electrons. The zero-order valence-corrected chi connectivity index (χ0v) is 12.4. The fraction of sp³-hybridized carbons (Fsp3) is 0.167. The van der Waals surface area contributed by atoms with Crippen molar-refractivity contribution in [1.29, 1.82) is 0 Å². The van der Waals surface area contributed by atoms with E-state index in [-0.39, 0.29) is 5.92 Å². The number of nitrogens with zero attached hydrogens (tertiary/aromatic N) is 3. The largest absolute Gasteiger partial charge is 0.186 e. The molecule has 22 heavy (non-hydrogen) atoms. The molecule has 1 N–H and O–H groups in total. The molecule has 4 nitrogen and oxygen atoms in total. The minimum Gasteiger partial charge on any atom is -0.177 e. The van der Waals surface area contributed by atoms with E-state index in [1.165, 1.54) is 27.8 Å². The Morgan fingerprint density at radius 2 is 1.91 bits per heavy atom. The van der Waals surface area contributed by atoms with Gasteiger partial charge in [-0.25, -0.2) is 0 Å². The zero-order valence-electron chi connectivity index (χ0n) is 12.4. The second-order valence-corrected chi connectivity index (χ2v) is 5.71. The molecule has 0 saturated heterocycles. The fourth-order valence-electron chi connectivity index (χ4n) is 3.35. The van der Waals surface area contributed by atoms with Crippen molar-refractivity contribution in [1.82, 2.24) is 20.6 Å². The van der Waals surface area contributed by atoms with E-state index in [2.05, 4.69) is 76.6 Å². The lowest BCUT2D eigenvalue weighted by Gasteiger charge is -2.17. The monoisotopic (exact) mass is 288 g/mol. The third kappa shape index (κ3) is 1.88. The molecule has 2 aromatic carbocycles. The topological polar surface area (TPSA) is 54.5 Å². The van der Waals surface area contributed by atoms with Crippen molar-refractivity contribution < 1.29 is 0 Å². The van der Waals surface area contributed by atoms with Crippen molar-refractivity contribution in [3.05, 3.63) is 82.7 Å². The molecular formula is C18H16N4. The van der Waals surface area contributed by atoms with Crippen molar-refractivity contribution >= 4 is 5.57 Å². The van der Waals surface area contributed by atoms with Crippen LogP contribution in [0.15, 0.2) is 49.0 Å². The van der Waals surface area contributed by atoms with E-state index in [1.54, 1.807) is 0 Å². The number of hydrogen-bond acceptors (Lipinski definition) is 3. The second kappa shape index (κ2) is 4.91. The van der Waals surface area contributed by atoms with Crippen LogP contribution in [0.3, 0.4) is 0 Å². The van der Waals surface area contributed by atoms with Crippen LogP contribution in [0.1, 0.15) is 39.6 Å². The SMILES string of the molecule is C=C1Cc2c(C)cccc2C(c2nn[nH]n2)c2ccccc21. The summed E-state index contributed by atoms with van der Waals surface area (Å²) in [6, 6.07) is 14.8. The van der Waals surface area contributed by atoms with Gasteiger partial charge in [-0.15, -0.1) is 10.2 Å². The first-order chi connectivity index (χ1) is 10.8. The van der Waals surface area contributed by atoms with E-state index in [4.69, 9.17) is 0 Å². The molecular weight excluding hydrogens is 272 g/mol. The van der Waals surface area contributed by atoms with E-state index >= 15 is 0 Å². The lowest BCUT2D eigenvalue weighted by molar-refractivity contribution is 0.854. The van der Waals surface area contributed by atoms with Crippen LogP contribution in [-0.2, 0) is 6.42 Å². The minimum atomic E-state index is -0.0101. The van der Waals surface area contributed by atoms with Crippen LogP contribution < -0.4 is 0 Å². The highest BCUT2D eigenvalue weighted by Crippen LogP contribution is 2.41. The first-order valence-corrected chi connectivity index (χ1v) is 7.34. The Morgan fingerprint density at radius 3 is 2.73 bits per heavy atom. The second-order valence-electron chi connectivity index (χ2n) is 5.71. The quantitative estimate of drug-likeness (QED) is 0.747. The number of benzene rings is 2. The maximum atomic E-state index is 4.31. The van der Waals surface area contributed by atoms with Gasteiger partial charge in [0.15, 0.2) is 5.82 Å². The van der Waals surface area contributed by atoms with Crippen LogP contribution in [0.4, 0.5) is 0 Å². The standard InChI is InChI=1S/C18H16N4/c1-11-6-5-9-15-16(11)10-12(2)13-7-3-4-8-14(13)17(15)18-19-21-22-20-18/h3-9,17H,2,10H2,1H3,(H,19,20,21,22). The number of fused-ring (bicyclic) bond motifs is 2. The Morgan fingerprint density at radius 1 is 1.09 bits per heavy atom. The van der Waals surface area contributed by atoms with Gasteiger partial charge in [0.05, 0.1) is 5.92 Å². The van der Waals surface area contributed by atoms with Gasteiger partial charge in [0.25, 0.3) is 0 Å². The maximum absolute atomic E-state index is 4.31. The van der Waals surface area contributed by atoms with E-state index in [9.17, 15) is 0 Å². The predicted octanol–water partition coefficient (Wildman–Crippen LogP) is 3.26. The number of aryl methyl sites for hydroxylation is 1. The summed E-state index contributed by atoms with van der Waals surface area (Å²) < 4.78 is 0. The van der Waals surface area contributed by atoms with Crippen LogP contribution in [0.2, 0.25) is 0 Å². The van der Waals surface area contributed by atoms with Gasteiger partial charge < -0.3 is 0 Å². The summed E-state index contributed by atoms with van der Waals surface area (Å²) >= 11 is 0. The number of rotatable bonds is 1. The van der Waals surface area contributed by atoms with E-state index in [1.807, 2.05) is 0 Å². The van der Waals surface area contributed by atoms with E-state index < -0.39 is 0 Å². The highest BCUT2D eigenvalue weighted by Gasteiger charge is 2.29. The summed E-state index contributed by atoms with van der Waals surface area (Å²) in [5.74, 6) is 0.693. The molecule has 1 aliphatic carbocycles. The lowest BCUT2D eigenvalue weighted by Crippen LogP contribution is -2.08. The highest BCUT2D eigenvalue weighted by molar-refractivity contribution is 5.73. The van der Waals surface area contributed by atoms with Crippen LogP contribution in [0.5, 0.6) is 0 Å². The molecule has 0 radical (unpaired) electrons.